The van der Waals surface area contributed by atoms with Crippen molar-refractivity contribution in [2.75, 3.05) is 0 Å². The molecule has 4 rings (SSSR count). The van der Waals surface area contributed by atoms with Gasteiger partial charge in [-0.2, -0.15) is 0 Å². The quantitative estimate of drug-likeness (QED) is 0.342. The summed E-state index contributed by atoms with van der Waals surface area (Å²) in [5.74, 6) is 0. The van der Waals surface area contributed by atoms with Gasteiger partial charge in [0.15, 0.2) is 0 Å². The van der Waals surface area contributed by atoms with E-state index in [1.165, 1.54) is 20.2 Å². The van der Waals surface area contributed by atoms with Gasteiger partial charge < -0.3 is 0 Å². The highest BCUT2D eigenvalue weighted by Crippen LogP contribution is 2.44. The molecule has 0 aliphatic heterocycles. The lowest BCUT2D eigenvalue weighted by atomic mass is 9.81. The van der Waals surface area contributed by atoms with Gasteiger partial charge >= 0.3 is 0 Å². The van der Waals surface area contributed by atoms with Gasteiger partial charge in [0.2, 0.25) is 0 Å². The van der Waals surface area contributed by atoms with Crippen LogP contribution < -0.4 is 0 Å². The van der Waals surface area contributed by atoms with Gasteiger partial charge in [-0.25, -0.2) is 0 Å². The number of benzene rings is 3. The maximum atomic E-state index is 8.61. The van der Waals surface area contributed by atoms with E-state index in [9.17, 15) is 0 Å². The molecule has 0 aliphatic carbocycles. The second-order valence-corrected chi connectivity index (χ2v) is 8.27. The summed E-state index contributed by atoms with van der Waals surface area (Å²) in [6, 6.07) is 12.4. The van der Waals surface area contributed by atoms with Crippen LogP contribution in [-0.2, 0) is 5.41 Å². The Morgan fingerprint density at radius 3 is 2.54 bits per heavy atom. The summed E-state index contributed by atoms with van der Waals surface area (Å²) < 4.78 is 35.7. The van der Waals surface area contributed by atoms with E-state index in [-0.39, 0.29) is 29.6 Å². The van der Waals surface area contributed by atoms with Gasteiger partial charge in [-0.05, 0) is 35.1 Å². The van der Waals surface area contributed by atoms with Crippen molar-refractivity contribution >= 4 is 31.5 Å². The third kappa shape index (κ3) is 2.44. The van der Waals surface area contributed by atoms with E-state index in [2.05, 4.69) is 39.0 Å². The standard InChI is InChI=1S/C23H22S/c1-15-8-7-9-16(14-15)17-12-13-19-18-10-5-6-11-20(18)24-22(19)21(17)23(2,3)4/h5-14H,1-4H3/i7D,8D,9D,14D. The van der Waals surface area contributed by atoms with Gasteiger partial charge in [0.1, 0.15) is 0 Å². The normalized spacial score (nSPS) is 14.5. The molecular formula is C23H22S. The maximum absolute atomic E-state index is 8.61. The van der Waals surface area contributed by atoms with Crippen molar-refractivity contribution in [1.29, 1.82) is 0 Å². The van der Waals surface area contributed by atoms with Crippen LogP contribution >= 0.6 is 11.3 Å². The van der Waals surface area contributed by atoms with Gasteiger partial charge in [-0.1, -0.05) is 80.8 Å². The molecule has 4 aromatic rings. The zero-order valence-corrected chi connectivity index (χ0v) is 15.2. The molecular weight excluding hydrogens is 308 g/mol. The minimum absolute atomic E-state index is 0.0287. The van der Waals surface area contributed by atoms with Crippen LogP contribution in [-0.4, -0.2) is 0 Å². The summed E-state index contributed by atoms with van der Waals surface area (Å²) in [5, 5.41) is 2.41. The van der Waals surface area contributed by atoms with Crippen LogP contribution in [0.15, 0.2) is 60.6 Å². The lowest BCUT2D eigenvalue weighted by Crippen LogP contribution is -2.13. The molecule has 0 saturated carbocycles. The van der Waals surface area contributed by atoms with Gasteiger partial charge in [0.05, 0.1) is 5.48 Å². The van der Waals surface area contributed by atoms with Gasteiger partial charge in [-0.15, -0.1) is 11.3 Å². The first-order valence-electron chi connectivity index (χ1n) is 10.1. The lowest BCUT2D eigenvalue weighted by molar-refractivity contribution is 0.598. The fourth-order valence-electron chi connectivity index (χ4n) is 3.31. The summed E-state index contributed by atoms with van der Waals surface area (Å²) in [6.07, 6.45) is 0. The van der Waals surface area contributed by atoms with Crippen molar-refractivity contribution in [1.82, 2.24) is 0 Å². The number of hydrogen-bond acceptors (Lipinski definition) is 1. The molecule has 1 aromatic heterocycles. The molecule has 0 fully saturated rings. The highest BCUT2D eigenvalue weighted by atomic mass is 32.1. The molecule has 1 heteroatoms. The van der Waals surface area contributed by atoms with Crippen LogP contribution in [0, 0.1) is 6.92 Å². The Balaban J connectivity index is 2.19. The van der Waals surface area contributed by atoms with E-state index in [4.69, 9.17) is 5.48 Å². The third-order valence-corrected chi connectivity index (χ3v) is 5.52. The Morgan fingerprint density at radius 1 is 0.958 bits per heavy atom. The van der Waals surface area contributed by atoms with E-state index in [0.717, 1.165) is 11.1 Å². The molecule has 3 aromatic carbocycles. The second kappa shape index (κ2) is 5.46. The summed E-state index contributed by atoms with van der Waals surface area (Å²) in [4.78, 5) is 0. The summed E-state index contributed by atoms with van der Waals surface area (Å²) in [5.41, 5.74) is 2.64. The molecule has 0 nitrogen and oxygen atoms in total. The van der Waals surface area contributed by atoms with Crippen LogP contribution in [0.2, 0.25) is 0 Å². The molecule has 0 bridgehead atoms. The zero-order valence-electron chi connectivity index (χ0n) is 18.4. The van der Waals surface area contributed by atoms with Crippen molar-refractivity contribution in [2.45, 2.75) is 33.1 Å². The zero-order chi connectivity index (χ0) is 20.4. The average molecular weight is 335 g/mol. The van der Waals surface area contributed by atoms with Gasteiger partial charge in [0, 0.05) is 20.2 Å². The molecule has 0 N–H and O–H groups in total. The predicted molar refractivity (Wildman–Crippen MR) is 108 cm³/mol. The highest BCUT2D eigenvalue weighted by Gasteiger charge is 2.23. The van der Waals surface area contributed by atoms with Crippen molar-refractivity contribution in [3.8, 4) is 11.1 Å². The van der Waals surface area contributed by atoms with Crippen molar-refractivity contribution in [3.05, 3.63) is 71.7 Å². The molecule has 0 aliphatic rings. The summed E-state index contributed by atoms with van der Waals surface area (Å²) in [6.45, 7) is 8.14. The predicted octanol–water partition coefficient (Wildman–Crippen LogP) is 7.33. The number of hydrogen-bond donors (Lipinski definition) is 0. The van der Waals surface area contributed by atoms with Crippen LogP contribution in [0.3, 0.4) is 0 Å². The molecule has 0 amide bonds. The minimum Gasteiger partial charge on any atom is -0.135 e. The van der Waals surface area contributed by atoms with Crippen molar-refractivity contribution < 1.29 is 5.48 Å². The fourth-order valence-corrected chi connectivity index (χ4v) is 4.77. The molecule has 0 spiro atoms. The molecule has 120 valence electrons. The number of thiophene rings is 1. The second-order valence-electron chi connectivity index (χ2n) is 7.21. The van der Waals surface area contributed by atoms with Crippen LogP contribution in [0.5, 0.6) is 0 Å². The van der Waals surface area contributed by atoms with Gasteiger partial charge in [-0.3, -0.25) is 0 Å². The van der Waals surface area contributed by atoms with Crippen LogP contribution in [0.1, 0.15) is 37.4 Å². The Bertz CT molecular complexity index is 1220. The van der Waals surface area contributed by atoms with E-state index in [0.29, 0.717) is 11.1 Å². The van der Waals surface area contributed by atoms with Crippen molar-refractivity contribution in [2.24, 2.45) is 0 Å². The Morgan fingerprint density at radius 2 is 1.75 bits per heavy atom. The monoisotopic (exact) mass is 334 g/mol. The first-order chi connectivity index (χ1) is 13.1. The number of fused-ring (bicyclic) bond motifs is 3. The summed E-state index contributed by atoms with van der Waals surface area (Å²) in [7, 11) is 0. The largest absolute Gasteiger partial charge is 0.135 e. The SMILES string of the molecule is [2H]c1c([2H])c(C)c([2H])c(-c2ccc3c(sc4ccccc43)c2C(C)(C)C)c1[2H]. The lowest BCUT2D eigenvalue weighted by Gasteiger charge is -2.24. The molecule has 24 heavy (non-hydrogen) atoms. The highest BCUT2D eigenvalue weighted by molar-refractivity contribution is 7.26. The Labute approximate surface area is 153 Å². The maximum Gasteiger partial charge on any atom is 0.0632 e. The van der Waals surface area contributed by atoms with E-state index < -0.39 is 0 Å². The topological polar surface area (TPSA) is 0 Å². The van der Waals surface area contributed by atoms with Crippen LogP contribution in [0.25, 0.3) is 31.3 Å². The van der Waals surface area contributed by atoms with E-state index >= 15 is 0 Å². The molecule has 0 atom stereocenters. The average Bonchev–Trinajstić information content (AvgIpc) is 3.02. The molecule has 0 radical (unpaired) electrons. The fraction of sp³-hybridized carbons (Fsp3) is 0.217. The Kier molecular flexibility index (Phi) is 2.60. The molecule has 1 heterocycles. The minimum atomic E-state index is -0.204. The smallest absolute Gasteiger partial charge is 0.0632 e. The Hall–Kier alpha value is -2.12. The third-order valence-electron chi connectivity index (χ3n) is 4.32. The molecule has 0 unspecified atom stereocenters. The van der Waals surface area contributed by atoms with E-state index in [1.807, 2.05) is 18.2 Å². The first-order valence-corrected chi connectivity index (χ1v) is 8.96. The first kappa shape index (κ1) is 11.4. The van der Waals surface area contributed by atoms with Crippen molar-refractivity contribution in [3.63, 3.8) is 0 Å². The van der Waals surface area contributed by atoms with Gasteiger partial charge in [0.25, 0.3) is 0 Å². The van der Waals surface area contributed by atoms with E-state index in [1.54, 1.807) is 18.3 Å². The number of rotatable bonds is 1. The summed E-state index contributed by atoms with van der Waals surface area (Å²) >= 11 is 1.74. The van der Waals surface area contributed by atoms with Crippen LogP contribution in [0.4, 0.5) is 0 Å². The molecule has 0 saturated heterocycles.